The standard InChI is InChI=1S/C20H25N7O.CH4/c1-12-23-18(14-6-8-28-10-14)19-20(21-11-22-27(12)19)26-7-5-16-15(9-26)17(13-3-4-13)24-25(16)2;/h11,13-14H,3-10H2,1-2H3;1H4/t14-;/m1./s1. The minimum Gasteiger partial charge on any atom is -0.381 e. The Kier molecular flexibility index (Phi) is 4.34. The van der Waals surface area contributed by atoms with Crippen molar-refractivity contribution in [3.05, 3.63) is 34.8 Å². The van der Waals surface area contributed by atoms with Crippen LogP contribution >= 0.6 is 0 Å². The predicted molar refractivity (Wildman–Crippen MR) is 110 cm³/mol. The van der Waals surface area contributed by atoms with Crippen molar-refractivity contribution >= 4 is 11.3 Å². The second-order valence-electron chi connectivity index (χ2n) is 8.33. The summed E-state index contributed by atoms with van der Waals surface area (Å²) in [5.41, 5.74) is 6.24. The van der Waals surface area contributed by atoms with Crippen molar-refractivity contribution < 1.29 is 4.74 Å². The summed E-state index contributed by atoms with van der Waals surface area (Å²) in [5, 5.41) is 9.34. The molecule has 2 aliphatic heterocycles. The third kappa shape index (κ3) is 2.84. The third-order valence-electron chi connectivity index (χ3n) is 6.46. The van der Waals surface area contributed by atoms with E-state index >= 15 is 0 Å². The summed E-state index contributed by atoms with van der Waals surface area (Å²) < 4.78 is 9.69. The number of aryl methyl sites for hydroxylation is 2. The molecule has 1 saturated heterocycles. The monoisotopic (exact) mass is 395 g/mol. The first-order chi connectivity index (χ1) is 13.7. The lowest BCUT2D eigenvalue weighted by Gasteiger charge is -2.29. The van der Waals surface area contributed by atoms with E-state index in [1.807, 2.05) is 11.4 Å². The molecule has 0 radical (unpaired) electrons. The van der Waals surface area contributed by atoms with Gasteiger partial charge in [-0.3, -0.25) is 4.68 Å². The van der Waals surface area contributed by atoms with Crippen LogP contribution in [0.25, 0.3) is 5.52 Å². The molecule has 0 N–H and O–H groups in total. The summed E-state index contributed by atoms with van der Waals surface area (Å²) in [5.74, 6) is 2.89. The van der Waals surface area contributed by atoms with Gasteiger partial charge in [0, 0.05) is 56.3 Å². The predicted octanol–water partition coefficient (Wildman–Crippen LogP) is 2.75. The van der Waals surface area contributed by atoms with E-state index in [0.29, 0.717) is 11.8 Å². The maximum Gasteiger partial charge on any atom is 0.158 e. The van der Waals surface area contributed by atoms with Gasteiger partial charge in [-0.1, -0.05) is 7.43 Å². The lowest BCUT2D eigenvalue weighted by Crippen LogP contribution is -2.32. The van der Waals surface area contributed by atoms with Crippen molar-refractivity contribution in [2.24, 2.45) is 7.05 Å². The highest BCUT2D eigenvalue weighted by molar-refractivity contribution is 5.73. The number of fused-ring (bicyclic) bond motifs is 2. The normalized spacial score (nSPS) is 21.4. The van der Waals surface area contributed by atoms with Gasteiger partial charge in [-0.25, -0.2) is 14.5 Å². The van der Waals surface area contributed by atoms with Gasteiger partial charge < -0.3 is 9.64 Å². The van der Waals surface area contributed by atoms with Gasteiger partial charge in [0.2, 0.25) is 0 Å². The van der Waals surface area contributed by atoms with E-state index in [2.05, 4.69) is 21.7 Å². The van der Waals surface area contributed by atoms with E-state index in [9.17, 15) is 0 Å². The van der Waals surface area contributed by atoms with E-state index < -0.39 is 0 Å². The van der Waals surface area contributed by atoms with Crippen LogP contribution < -0.4 is 4.90 Å². The van der Waals surface area contributed by atoms with Crippen LogP contribution in [0.15, 0.2) is 6.33 Å². The molecular formula is C21H29N7O. The fraction of sp³-hybridized carbons (Fsp3) is 0.619. The van der Waals surface area contributed by atoms with E-state index in [4.69, 9.17) is 19.8 Å². The van der Waals surface area contributed by atoms with Crippen molar-refractivity contribution in [1.82, 2.24) is 29.4 Å². The molecule has 3 aromatic heterocycles. The molecule has 3 aliphatic rings. The highest BCUT2D eigenvalue weighted by Gasteiger charge is 2.35. The molecule has 0 aromatic carbocycles. The summed E-state index contributed by atoms with van der Waals surface area (Å²) in [4.78, 5) is 12.0. The summed E-state index contributed by atoms with van der Waals surface area (Å²) in [7, 11) is 2.09. The van der Waals surface area contributed by atoms with E-state index in [1.165, 1.54) is 29.8 Å². The van der Waals surface area contributed by atoms with Crippen LogP contribution in [0.1, 0.15) is 67.0 Å². The Bertz CT molecular complexity index is 1060. The van der Waals surface area contributed by atoms with Crippen LogP contribution in [0.4, 0.5) is 5.82 Å². The minimum absolute atomic E-state index is 0. The molecule has 154 valence electrons. The SMILES string of the molecule is C.Cc1nc([C@@H]2CCOC2)c2c(N3CCc4c(c(C5CC5)nn4C)C3)ncnn12. The number of rotatable bonds is 3. The summed E-state index contributed by atoms with van der Waals surface area (Å²) >= 11 is 0. The van der Waals surface area contributed by atoms with Crippen LogP contribution in [0.2, 0.25) is 0 Å². The molecule has 8 nitrogen and oxygen atoms in total. The van der Waals surface area contributed by atoms with E-state index in [0.717, 1.165) is 62.0 Å². The molecule has 0 bridgehead atoms. The third-order valence-corrected chi connectivity index (χ3v) is 6.46. The fourth-order valence-electron chi connectivity index (χ4n) is 4.84. The largest absolute Gasteiger partial charge is 0.381 e. The van der Waals surface area contributed by atoms with Crippen LogP contribution in [0.3, 0.4) is 0 Å². The smallest absolute Gasteiger partial charge is 0.158 e. The van der Waals surface area contributed by atoms with Gasteiger partial charge in [0.15, 0.2) is 5.82 Å². The van der Waals surface area contributed by atoms with Gasteiger partial charge in [0.05, 0.1) is 18.0 Å². The molecule has 3 aromatic rings. The number of hydrogen-bond donors (Lipinski definition) is 0. The first-order valence-electron chi connectivity index (χ1n) is 10.3. The first kappa shape index (κ1) is 18.5. The Balaban J connectivity index is 0.00000181. The molecular weight excluding hydrogens is 366 g/mol. The first-order valence-corrected chi connectivity index (χ1v) is 10.3. The van der Waals surface area contributed by atoms with E-state index in [1.54, 1.807) is 6.33 Å². The number of imidazole rings is 1. The summed E-state index contributed by atoms with van der Waals surface area (Å²) in [6, 6.07) is 0. The second kappa shape index (κ2) is 6.79. The minimum atomic E-state index is 0. The van der Waals surface area contributed by atoms with Gasteiger partial charge >= 0.3 is 0 Å². The zero-order valence-corrected chi connectivity index (χ0v) is 16.4. The van der Waals surface area contributed by atoms with Crippen LogP contribution in [0, 0.1) is 6.92 Å². The van der Waals surface area contributed by atoms with Crippen LogP contribution in [-0.2, 0) is 24.8 Å². The topological polar surface area (TPSA) is 73.4 Å². The van der Waals surface area contributed by atoms with Gasteiger partial charge in [0.25, 0.3) is 0 Å². The van der Waals surface area contributed by atoms with Crippen molar-refractivity contribution in [3.8, 4) is 0 Å². The Morgan fingerprint density at radius 2 is 2.00 bits per heavy atom. The fourth-order valence-corrected chi connectivity index (χ4v) is 4.84. The molecule has 29 heavy (non-hydrogen) atoms. The van der Waals surface area contributed by atoms with Crippen LogP contribution in [-0.4, -0.2) is 49.1 Å². The number of ether oxygens (including phenoxy) is 1. The Labute approximate surface area is 170 Å². The van der Waals surface area contributed by atoms with Crippen molar-refractivity contribution in [3.63, 3.8) is 0 Å². The van der Waals surface area contributed by atoms with Crippen LogP contribution in [0.5, 0.6) is 0 Å². The molecule has 6 rings (SSSR count). The molecule has 5 heterocycles. The summed E-state index contributed by atoms with van der Waals surface area (Å²) in [6.07, 6.45) is 6.21. The molecule has 1 atom stereocenters. The average Bonchev–Trinajstić information content (AvgIpc) is 3.15. The number of hydrogen-bond acceptors (Lipinski definition) is 6. The van der Waals surface area contributed by atoms with Gasteiger partial charge in [-0.05, 0) is 26.2 Å². The summed E-state index contributed by atoms with van der Waals surface area (Å²) in [6.45, 7) is 5.36. The van der Waals surface area contributed by atoms with Gasteiger partial charge in [-0.15, -0.1) is 0 Å². The molecule has 0 amide bonds. The highest BCUT2D eigenvalue weighted by Crippen LogP contribution is 2.43. The van der Waals surface area contributed by atoms with Gasteiger partial charge in [0.1, 0.15) is 17.7 Å². The zero-order valence-electron chi connectivity index (χ0n) is 16.4. The molecule has 0 unspecified atom stereocenters. The number of anilines is 1. The van der Waals surface area contributed by atoms with Crippen molar-refractivity contribution in [1.29, 1.82) is 0 Å². The van der Waals surface area contributed by atoms with E-state index in [-0.39, 0.29) is 7.43 Å². The van der Waals surface area contributed by atoms with Crippen molar-refractivity contribution in [2.45, 2.75) is 58.4 Å². The lowest BCUT2D eigenvalue weighted by atomic mass is 10.0. The molecule has 1 aliphatic carbocycles. The lowest BCUT2D eigenvalue weighted by molar-refractivity contribution is 0.193. The average molecular weight is 396 g/mol. The zero-order chi connectivity index (χ0) is 18.8. The maximum atomic E-state index is 5.64. The number of nitrogens with zero attached hydrogens (tertiary/aromatic N) is 7. The highest BCUT2D eigenvalue weighted by atomic mass is 16.5. The Morgan fingerprint density at radius 3 is 2.76 bits per heavy atom. The molecule has 2 fully saturated rings. The number of aromatic nitrogens is 6. The Morgan fingerprint density at radius 1 is 1.14 bits per heavy atom. The molecule has 1 saturated carbocycles. The quantitative estimate of drug-likeness (QED) is 0.679. The molecule has 0 spiro atoms. The van der Waals surface area contributed by atoms with Crippen molar-refractivity contribution in [2.75, 3.05) is 24.7 Å². The Hall–Kier alpha value is -2.48. The van der Waals surface area contributed by atoms with Gasteiger partial charge in [-0.2, -0.15) is 10.2 Å². The molecule has 8 heteroatoms. The second-order valence-corrected chi connectivity index (χ2v) is 8.33. The maximum absolute atomic E-state index is 5.64.